The Labute approximate surface area is 146 Å². The first kappa shape index (κ1) is 17.9. The van der Waals surface area contributed by atoms with Gasteiger partial charge in [-0.25, -0.2) is 4.98 Å². The third-order valence-electron chi connectivity index (χ3n) is 3.50. The highest BCUT2D eigenvalue weighted by Crippen LogP contribution is 2.22. The van der Waals surface area contributed by atoms with Crippen LogP contribution >= 0.6 is 11.8 Å². The van der Waals surface area contributed by atoms with Gasteiger partial charge in [0.15, 0.2) is 0 Å². The van der Waals surface area contributed by atoms with Gasteiger partial charge in [-0.15, -0.1) is 11.8 Å². The van der Waals surface area contributed by atoms with Crippen LogP contribution in [0.2, 0.25) is 0 Å². The Bertz CT molecular complexity index is 734. The average molecular weight is 343 g/mol. The smallest absolute Gasteiger partial charge is 0.138 e. The molecule has 0 saturated heterocycles. The van der Waals surface area contributed by atoms with Crippen molar-refractivity contribution in [3.8, 4) is 0 Å². The molecular formula is C17H21N5OS. The summed E-state index contributed by atoms with van der Waals surface area (Å²) in [6.45, 7) is 11.6. The van der Waals surface area contributed by atoms with Gasteiger partial charge in [0.05, 0.1) is 23.0 Å². The average Bonchev–Trinajstić information content (AvgIpc) is 2.91. The Balaban J connectivity index is 2.21. The maximum atomic E-state index is 5.22. The third kappa shape index (κ3) is 4.32. The molecule has 0 N–H and O–H groups in total. The lowest BCUT2D eigenvalue weighted by molar-refractivity contribution is 0.392. The largest absolute Gasteiger partial charge is 0.361 e. The zero-order chi connectivity index (χ0) is 17.5. The van der Waals surface area contributed by atoms with Gasteiger partial charge in [-0.2, -0.15) is 0 Å². The fourth-order valence-electron chi connectivity index (χ4n) is 2.17. The summed E-state index contributed by atoms with van der Waals surface area (Å²) in [6, 6.07) is 5.83. The lowest BCUT2D eigenvalue weighted by Crippen LogP contribution is -2.18. The summed E-state index contributed by atoms with van der Waals surface area (Å²) in [5.41, 5.74) is 3.47. The van der Waals surface area contributed by atoms with E-state index < -0.39 is 0 Å². The highest BCUT2D eigenvalue weighted by molar-refractivity contribution is 8.02. The van der Waals surface area contributed by atoms with Crippen LogP contribution in [0.25, 0.3) is 5.70 Å². The predicted octanol–water partition coefficient (Wildman–Crippen LogP) is 3.71. The second-order valence-corrected chi connectivity index (χ2v) is 6.05. The molecule has 0 aliphatic heterocycles. The van der Waals surface area contributed by atoms with Crippen LogP contribution < -0.4 is 4.90 Å². The van der Waals surface area contributed by atoms with Crippen molar-refractivity contribution in [3.05, 3.63) is 46.3 Å². The van der Waals surface area contributed by atoms with E-state index in [9.17, 15) is 0 Å². The normalized spacial score (nSPS) is 11.4. The summed E-state index contributed by atoms with van der Waals surface area (Å²) in [5, 5.41) is 5.88. The van der Waals surface area contributed by atoms with Gasteiger partial charge < -0.3 is 9.42 Å². The summed E-state index contributed by atoms with van der Waals surface area (Å²) in [7, 11) is 1.99. The maximum Gasteiger partial charge on any atom is 0.138 e. The van der Waals surface area contributed by atoms with E-state index in [1.165, 1.54) is 11.8 Å². The van der Waals surface area contributed by atoms with Crippen molar-refractivity contribution in [2.45, 2.75) is 20.4 Å². The fourth-order valence-corrected chi connectivity index (χ4v) is 2.70. The van der Waals surface area contributed by atoms with Crippen LogP contribution in [0.3, 0.4) is 0 Å². The molecule has 24 heavy (non-hydrogen) atoms. The molecule has 0 atom stereocenters. The van der Waals surface area contributed by atoms with Crippen molar-refractivity contribution in [2.75, 3.05) is 17.8 Å². The first-order valence-electron chi connectivity index (χ1n) is 7.38. The van der Waals surface area contributed by atoms with Gasteiger partial charge in [-0.1, -0.05) is 11.2 Å². The summed E-state index contributed by atoms with van der Waals surface area (Å²) in [4.78, 5) is 14.6. The van der Waals surface area contributed by atoms with Crippen molar-refractivity contribution in [1.29, 1.82) is 0 Å². The van der Waals surface area contributed by atoms with E-state index >= 15 is 0 Å². The van der Waals surface area contributed by atoms with E-state index in [1.54, 1.807) is 0 Å². The second kappa shape index (κ2) is 8.44. The Morgan fingerprint density at radius 2 is 2.17 bits per heavy atom. The molecule has 2 aromatic heterocycles. The van der Waals surface area contributed by atoms with Crippen LogP contribution in [-0.2, 0) is 6.54 Å². The second-order valence-electron chi connectivity index (χ2n) is 5.22. The monoisotopic (exact) mass is 343 g/mol. The van der Waals surface area contributed by atoms with Gasteiger partial charge >= 0.3 is 0 Å². The topological polar surface area (TPSA) is 66.9 Å². The first-order chi connectivity index (χ1) is 11.6. The van der Waals surface area contributed by atoms with Crippen LogP contribution in [0.5, 0.6) is 0 Å². The highest BCUT2D eigenvalue weighted by Gasteiger charge is 2.13. The number of pyridine rings is 1. The van der Waals surface area contributed by atoms with E-state index in [2.05, 4.69) is 38.5 Å². The number of thioether (sulfide) groups is 1. The van der Waals surface area contributed by atoms with Crippen molar-refractivity contribution in [1.82, 2.24) is 10.1 Å². The van der Waals surface area contributed by atoms with E-state index in [0.29, 0.717) is 12.4 Å². The number of hydrogen-bond donors (Lipinski definition) is 0. The third-order valence-corrected chi connectivity index (χ3v) is 4.22. The van der Waals surface area contributed by atoms with Crippen molar-refractivity contribution >= 4 is 36.7 Å². The minimum atomic E-state index is 0.574. The Morgan fingerprint density at radius 1 is 1.38 bits per heavy atom. The quantitative estimate of drug-likeness (QED) is 0.540. The van der Waals surface area contributed by atoms with E-state index in [4.69, 9.17) is 4.52 Å². The zero-order valence-corrected chi connectivity index (χ0v) is 15.0. The summed E-state index contributed by atoms with van der Waals surface area (Å²) in [6.07, 6.45) is 0. The van der Waals surface area contributed by atoms with Crippen LogP contribution in [0.4, 0.5) is 5.82 Å². The van der Waals surface area contributed by atoms with E-state index in [1.807, 2.05) is 44.5 Å². The van der Waals surface area contributed by atoms with E-state index in [-0.39, 0.29) is 0 Å². The lowest BCUT2D eigenvalue weighted by Gasteiger charge is -2.18. The summed E-state index contributed by atoms with van der Waals surface area (Å²) < 4.78 is 5.22. The van der Waals surface area contributed by atoms with Gasteiger partial charge in [0.2, 0.25) is 0 Å². The molecule has 2 rings (SSSR count). The van der Waals surface area contributed by atoms with Crippen molar-refractivity contribution in [3.63, 3.8) is 0 Å². The number of nitrogens with zero attached hydrogens (tertiary/aromatic N) is 5. The van der Waals surface area contributed by atoms with Crippen LogP contribution in [0.15, 0.2) is 38.1 Å². The molecule has 0 amide bonds. The molecule has 0 fully saturated rings. The molecular weight excluding hydrogens is 322 g/mol. The van der Waals surface area contributed by atoms with Crippen LogP contribution in [0, 0.1) is 13.8 Å². The van der Waals surface area contributed by atoms with Crippen molar-refractivity contribution < 1.29 is 4.52 Å². The van der Waals surface area contributed by atoms with Crippen molar-refractivity contribution in [2.24, 2.45) is 9.98 Å². The molecule has 2 heterocycles. The van der Waals surface area contributed by atoms with Gasteiger partial charge in [-0.05, 0) is 39.4 Å². The molecule has 6 nitrogen and oxygen atoms in total. The molecule has 126 valence electrons. The molecule has 7 heteroatoms. The number of anilines is 1. The summed E-state index contributed by atoms with van der Waals surface area (Å²) in [5.74, 6) is 2.25. The number of hydrogen-bond acceptors (Lipinski definition) is 7. The summed E-state index contributed by atoms with van der Waals surface area (Å²) >= 11 is 1.50. The predicted molar refractivity (Wildman–Crippen MR) is 102 cm³/mol. The minimum Gasteiger partial charge on any atom is -0.361 e. The molecule has 0 radical (unpaired) electrons. The molecule has 0 bridgehead atoms. The molecule has 0 unspecified atom stereocenters. The number of rotatable bonds is 8. The van der Waals surface area contributed by atoms with Crippen LogP contribution in [-0.4, -0.2) is 36.5 Å². The van der Waals surface area contributed by atoms with E-state index in [0.717, 1.165) is 34.2 Å². The Hall–Kier alpha value is -2.41. The molecule has 0 spiro atoms. The number of aromatic nitrogens is 2. The molecule has 0 aliphatic rings. The molecule has 2 aromatic rings. The first-order valence-corrected chi connectivity index (χ1v) is 8.43. The maximum absolute atomic E-state index is 5.22. The molecule has 0 aromatic carbocycles. The number of aryl methyl sites for hydroxylation is 2. The lowest BCUT2D eigenvalue weighted by atomic mass is 10.2. The molecule has 0 saturated carbocycles. The van der Waals surface area contributed by atoms with Gasteiger partial charge in [-0.3, -0.25) is 9.98 Å². The minimum absolute atomic E-state index is 0.574. The highest BCUT2D eigenvalue weighted by atomic mass is 32.2. The number of aliphatic imine (C=N–C) groups is 2. The zero-order valence-electron chi connectivity index (χ0n) is 14.2. The van der Waals surface area contributed by atoms with Crippen LogP contribution in [0.1, 0.15) is 22.7 Å². The SMILES string of the molecule is C=NCS/C=C(\N=C)c1cccc(N(C)Cc2c(C)noc2C)n1. The van der Waals surface area contributed by atoms with Gasteiger partial charge in [0.1, 0.15) is 11.6 Å². The Kier molecular flexibility index (Phi) is 6.31. The fraction of sp³-hybridized carbons (Fsp3) is 0.294. The standard InChI is InChI=1S/C17H21N5OS/c1-12-14(13(2)23-21-12)9-22(5)17-8-6-7-15(20-17)16(19-4)10-24-11-18-3/h6-8,10H,3-4,9,11H2,1-2,5H3/b16-10-. The van der Waals surface area contributed by atoms with Gasteiger partial charge in [0, 0.05) is 24.6 Å². The van der Waals surface area contributed by atoms with Gasteiger partial charge in [0.25, 0.3) is 0 Å². The molecule has 0 aliphatic carbocycles. The Morgan fingerprint density at radius 3 is 2.79 bits per heavy atom.